The number of guanidine groups is 1. The van der Waals surface area contributed by atoms with E-state index in [4.69, 9.17) is 0 Å². The fourth-order valence-corrected chi connectivity index (χ4v) is 2.73. The zero-order valence-electron chi connectivity index (χ0n) is 15.9. The first-order valence-electron chi connectivity index (χ1n) is 8.68. The lowest BCUT2D eigenvalue weighted by molar-refractivity contribution is 0.436. The summed E-state index contributed by atoms with van der Waals surface area (Å²) in [6, 6.07) is 8.78. The number of nitrogens with one attached hydrogen (secondary N) is 2. The number of halogens is 2. The van der Waals surface area contributed by atoms with Crippen LogP contribution in [0.15, 0.2) is 35.3 Å². The van der Waals surface area contributed by atoms with E-state index in [-0.39, 0.29) is 29.8 Å². The predicted molar refractivity (Wildman–Crippen MR) is 116 cm³/mol. The van der Waals surface area contributed by atoms with Gasteiger partial charge in [0.1, 0.15) is 5.82 Å². The van der Waals surface area contributed by atoms with Crippen LogP contribution in [-0.2, 0) is 13.0 Å². The molecule has 7 heteroatoms. The van der Waals surface area contributed by atoms with Crippen LogP contribution in [0.25, 0.3) is 0 Å². The third-order valence-corrected chi connectivity index (χ3v) is 4.02. The Morgan fingerprint density at radius 1 is 1.27 bits per heavy atom. The minimum atomic E-state index is -0.196. The van der Waals surface area contributed by atoms with E-state index in [1.807, 2.05) is 17.7 Å². The monoisotopic (exact) mass is 473 g/mol. The fourth-order valence-electron chi connectivity index (χ4n) is 2.73. The van der Waals surface area contributed by atoms with Crippen molar-refractivity contribution in [2.75, 3.05) is 20.1 Å². The topological polar surface area (TPSA) is 54.2 Å². The number of hydrogen-bond donors (Lipinski definition) is 2. The number of aliphatic imine (C=N–C) groups is 1. The molecule has 0 aliphatic carbocycles. The summed E-state index contributed by atoms with van der Waals surface area (Å²) in [5.41, 5.74) is 3.20. The molecule has 1 aromatic heterocycles. The van der Waals surface area contributed by atoms with Gasteiger partial charge < -0.3 is 10.6 Å². The maximum Gasteiger partial charge on any atom is 0.190 e. The Morgan fingerprint density at radius 3 is 2.65 bits per heavy atom. The second-order valence-corrected chi connectivity index (χ2v) is 6.47. The minimum absolute atomic E-state index is 0. The smallest absolute Gasteiger partial charge is 0.190 e. The van der Waals surface area contributed by atoms with Crippen molar-refractivity contribution in [3.05, 3.63) is 53.1 Å². The predicted octanol–water partition coefficient (Wildman–Crippen LogP) is 3.30. The van der Waals surface area contributed by atoms with Gasteiger partial charge in [-0.15, -0.1) is 24.0 Å². The molecule has 0 bridgehead atoms. The van der Waals surface area contributed by atoms with E-state index in [0.29, 0.717) is 12.5 Å². The summed E-state index contributed by atoms with van der Waals surface area (Å²) in [6.07, 6.45) is 0.750. The molecule has 2 aromatic rings. The Hall–Kier alpha value is -1.64. The van der Waals surface area contributed by atoms with Gasteiger partial charge in [-0.2, -0.15) is 5.10 Å². The first-order valence-corrected chi connectivity index (χ1v) is 8.68. The van der Waals surface area contributed by atoms with Crippen LogP contribution in [0, 0.1) is 25.6 Å². The van der Waals surface area contributed by atoms with E-state index >= 15 is 0 Å². The van der Waals surface area contributed by atoms with Gasteiger partial charge in [0, 0.05) is 32.4 Å². The summed E-state index contributed by atoms with van der Waals surface area (Å²) >= 11 is 0. The Balaban J connectivity index is 0.00000338. The van der Waals surface area contributed by atoms with Crippen LogP contribution >= 0.6 is 24.0 Å². The SMILES string of the molecule is CN=C(NCCc1cccc(F)c1)NCC(C)Cn1nc(C)cc1C.I. The number of aryl methyl sites for hydroxylation is 2. The molecular formula is C19H29FIN5. The Kier molecular flexibility index (Phi) is 9.61. The van der Waals surface area contributed by atoms with Gasteiger partial charge in [0.25, 0.3) is 0 Å². The van der Waals surface area contributed by atoms with Crippen LogP contribution in [0.1, 0.15) is 23.9 Å². The van der Waals surface area contributed by atoms with E-state index in [1.165, 1.54) is 11.8 Å². The van der Waals surface area contributed by atoms with E-state index in [1.54, 1.807) is 19.2 Å². The van der Waals surface area contributed by atoms with Crippen LogP contribution in [0.3, 0.4) is 0 Å². The number of nitrogens with zero attached hydrogens (tertiary/aromatic N) is 3. The number of aromatic nitrogens is 2. The van der Waals surface area contributed by atoms with Gasteiger partial charge >= 0.3 is 0 Å². The molecule has 1 aromatic carbocycles. The summed E-state index contributed by atoms with van der Waals surface area (Å²) < 4.78 is 15.2. The second kappa shape index (κ2) is 11.2. The van der Waals surface area contributed by atoms with E-state index in [0.717, 1.165) is 36.7 Å². The highest BCUT2D eigenvalue weighted by Crippen LogP contribution is 2.06. The number of hydrogen-bond acceptors (Lipinski definition) is 2. The van der Waals surface area contributed by atoms with Crippen molar-refractivity contribution >= 4 is 29.9 Å². The van der Waals surface area contributed by atoms with Crippen molar-refractivity contribution in [3.63, 3.8) is 0 Å². The number of rotatable bonds is 7. The molecule has 2 rings (SSSR count). The van der Waals surface area contributed by atoms with Crippen LogP contribution in [0.2, 0.25) is 0 Å². The molecule has 0 aliphatic heterocycles. The molecule has 0 radical (unpaired) electrons. The molecule has 0 spiro atoms. The van der Waals surface area contributed by atoms with Crippen LogP contribution in [0.4, 0.5) is 4.39 Å². The normalized spacial score (nSPS) is 12.4. The third-order valence-electron chi connectivity index (χ3n) is 4.02. The van der Waals surface area contributed by atoms with Crippen LogP contribution in [0.5, 0.6) is 0 Å². The highest BCUT2D eigenvalue weighted by Gasteiger charge is 2.08. The molecule has 2 N–H and O–H groups in total. The maximum absolute atomic E-state index is 13.2. The van der Waals surface area contributed by atoms with E-state index in [9.17, 15) is 4.39 Å². The summed E-state index contributed by atoms with van der Waals surface area (Å²) in [4.78, 5) is 4.24. The lowest BCUT2D eigenvalue weighted by atomic mass is 10.1. The molecule has 1 heterocycles. The minimum Gasteiger partial charge on any atom is -0.356 e. The van der Waals surface area contributed by atoms with Crippen LogP contribution < -0.4 is 10.6 Å². The zero-order valence-corrected chi connectivity index (χ0v) is 18.3. The van der Waals surface area contributed by atoms with Crippen molar-refractivity contribution < 1.29 is 4.39 Å². The fraction of sp³-hybridized carbons (Fsp3) is 0.474. The van der Waals surface area contributed by atoms with Crippen molar-refractivity contribution in [2.24, 2.45) is 10.9 Å². The highest BCUT2D eigenvalue weighted by molar-refractivity contribution is 14.0. The van der Waals surface area contributed by atoms with Crippen molar-refractivity contribution in [3.8, 4) is 0 Å². The lowest BCUT2D eigenvalue weighted by Crippen LogP contribution is -2.40. The van der Waals surface area contributed by atoms with Crippen molar-refractivity contribution in [1.29, 1.82) is 0 Å². The Bertz CT molecular complexity index is 714. The molecule has 0 saturated heterocycles. The molecular weight excluding hydrogens is 444 g/mol. The van der Waals surface area contributed by atoms with Crippen LogP contribution in [-0.4, -0.2) is 35.9 Å². The summed E-state index contributed by atoms with van der Waals surface area (Å²) in [6.45, 7) is 8.65. The molecule has 0 saturated carbocycles. The first-order chi connectivity index (χ1) is 12.0. The van der Waals surface area contributed by atoms with Gasteiger partial charge in [-0.3, -0.25) is 9.67 Å². The largest absolute Gasteiger partial charge is 0.356 e. The molecule has 5 nitrogen and oxygen atoms in total. The highest BCUT2D eigenvalue weighted by atomic mass is 127. The summed E-state index contributed by atoms with van der Waals surface area (Å²) in [5.74, 6) is 0.981. The average Bonchev–Trinajstić information content (AvgIpc) is 2.88. The quantitative estimate of drug-likeness (QED) is 0.369. The Morgan fingerprint density at radius 2 is 2.04 bits per heavy atom. The third kappa shape index (κ3) is 7.31. The Labute approximate surface area is 172 Å². The van der Waals surface area contributed by atoms with Gasteiger partial charge in [0.05, 0.1) is 5.69 Å². The zero-order chi connectivity index (χ0) is 18.2. The first kappa shape index (κ1) is 22.4. The van der Waals surface area contributed by atoms with Crippen molar-refractivity contribution in [2.45, 2.75) is 33.7 Å². The molecule has 1 atom stereocenters. The van der Waals surface area contributed by atoms with Gasteiger partial charge in [-0.25, -0.2) is 4.39 Å². The van der Waals surface area contributed by atoms with Gasteiger partial charge in [-0.1, -0.05) is 19.1 Å². The standard InChI is InChI=1S/C19H28FN5.HI/c1-14(13-25-16(3)10-15(2)24-25)12-23-19(21-4)22-9-8-17-6-5-7-18(20)11-17;/h5-7,10-11,14H,8-9,12-13H2,1-4H3,(H2,21,22,23);1H. The van der Waals surface area contributed by atoms with Crippen molar-refractivity contribution in [1.82, 2.24) is 20.4 Å². The van der Waals surface area contributed by atoms with E-state index < -0.39 is 0 Å². The summed E-state index contributed by atoms with van der Waals surface area (Å²) in [5, 5.41) is 11.1. The maximum atomic E-state index is 13.2. The van der Waals surface area contributed by atoms with Gasteiger partial charge in [-0.05, 0) is 49.9 Å². The molecule has 0 amide bonds. The molecule has 1 unspecified atom stereocenters. The molecule has 0 fully saturated rings. The average molecular weight is 473 g/mol. The molecule has 0 aliphatic rings. The lowest BCUT2D eigenvalue weighted by Gasteiger charge is -2.17. The second-order valence-electron chi connectivity index (χ2n) is 6.47. The number of benzene rings is 1. The molecule has 144 valence electrons. The van der Waals surface area contributed by atoms with Gasteiger partial charge in [0.15, 0.2) is 5.96 Å². The van der Waals surface area contributed by atoms with E-state index in [2.05, 4.69) is 40.6 Å². The van der Waals surface area contributed by atoms with Gasteiger partial charge in [0.2, 0.25) is 0 Å². The molecule has 26 heavy (non-hydrogen) atoms. The summed E-state index contributed by atoms with van der Waals surface area (Å²) in [7, 11) is 1.75.